The van der Waals surface area contributed by atoms with E-state index in [1.54, 1.807) is 25.1 Å². The number of nitrogens with zero attached hydrogens (tertiary/aromatic N) is 1. The van der Waals surface area contributed by atoms with Gasteiger partial charge < -0.3 is 14.7 Å². The van der Waals surface area contributed by atoms with Crippen LogP contribution in [0.5, 0.6) is 5.75 Å². The van der Waals surface area contributed by atoms with Crippen molar-refractivity contribution in [3.05, 3.63) is 99.6 Å². The first-order chi connectivity index (χ1) is 19.6. The Hall–Kier alpha value is -3.65. The number of rotatable bonds is 9. The van der Waals surface area contributed by atoms with Gasteiger partial charge in [0.1, 0.15) is 5.75 Å². The molecule has 1 fully saturated rings. The minimum absolute atomic E-state index is 0.208. The van der Waals surface area contributed by atoms with Crippen molar-refractivity contribution in [1.29, 1.82) is 0 Å². The molecule has 0 atom stereocenters. The van der Waals surface area contributed by atoms with Crippen LogP contribution in [0.1, 0.15) is 63.0 Å². The van der Waals surface area contributed by atoms with E-state index in [9.17, 15) is 27.5 Å². The maximum atomic E-state index is 13.1. The van der Waals surface area contributed by atoms with Crippen molar-refractivity contribution in [2.75, 3.05) is 26.3 Å². The second kappa shape index (κ2) is 12.1. The van der Waals surface area contributed by atoms with E-state index in [1.165, 1.54) is 11.6 Å². The van der Waals surface area contributed by atoms with Crippen LogP contribution in [0.2, 0.25) is 0 Å². The smallest absolute Gasteiger partial charge is 0.478 e. The highest BCUT2D eigenvalue weighted by Crippen LogP contribution is 2.43. The molecule has 4 nitrogen and oxygen atoms in total. The van der Waals surface area contributed by atoms with Crippen LogP contribution < -0.4 is 4.74 Å². The standard InChI is InChI=1S/C33H33F4NO3/c1-21-27(6-3-8-30(21)41-33(35,36)37)29-7-2-5-25-18-26(32(39)40)13-14-28(25)31(29)24-11-9-22(10-12-24)17-23-19-38(20-23)16-4-15-34/h3,6,8-14,18,23H,2,4-5,7,15-17,19-20H2,1H3,(H,39,40). The van der Waals surface area contributed by atoms with E-state index in [0.29, 0.717) is 36.3 Å². The number of carbonyl (C=O) groups is 1. The maximum absolute atomic E-state index is 13.1. The van der Waals surface area contributed by atoms with Gasteiger partial charge in [0.15, 0.2) is 0 Å². The van der Waals surface area contributed by atoms with Crippen LogP contribution in [-0.2, 0) is 12.8 Å². The summed E-state index contributed by atoms with van der Waals surface area (Å²) in [7, 11) is 0. The second-order valence-corrected chi connectivity index (χ2v) is 10.9. The van der Waals surface area contributed by atoms with Gasteiger partial charge in [-0.25, -0.2) is 4.79 Å². The molecule has 0 saturated carbocycles. The first-order valence-corrected chi connectivity index (χ1v) is 14.0. The molecular formula is C33H33F4NO3. The molecule has 1 aliphatic heterocycles. The fourth-order valence-corrected chi connectivity index (χ4v) is 6.11. The number of fused-ring (bicyclic) bond motifs is 1. The zero-order chi connectivity index (χ0) is 29.1. The number of carboxylic acid groups (broad SMARTS) is 1. The van der Waals surface area contributed by atoms with Crippen molar-refractivity contribution in [3.8, 4) is 5.75 Å². The van der Waals surface area contributed by atoms with Crippen molar-refractivity contribution < 1.29 is 32.2 Å². The summed E-state index contributed by atoms with van der Waals surface area (Å²) in [6.45, 7) is 4.07. The largest absolute Gasteiger partial charge is 0.573 e. The topological polar surface area (TPSA) is 49.8 Å². The Bertz CT molecular complexity index is 1440. The van der Waals surface area contributed by atoms with Gasteiger partial charge in [0.25, 0.3) is 0 Å². The van der Waals surface area contributed by atoms with E-state index in [4.69, 9.17) is 0 Å². The molecule has 1 aliphatic carbocycles. The lowest BCUT2D eigenvalue weighted by Gasteiger charge is -2.39. The van der Waals surface area contributed by atoms with E-state index >= 15 is 0 Å². The summed E-state index contributed by atoms with van der Waals surface area (Å²) in [5.41, 5.74) is 7.01. The molecule has 0 radical (unpaired) electrons. The first kappa shape index (κ1) is 28.9. The lowest BCUT2D eigenvalue weighted by molar-refractivity contribution is -0.274. The highest BCUT2D eigenvalue weighted by atomic mass is 19.4. The van der Waals surface area contributed by atoms with Gasteiger partial charge in [0.05, 0.1) is 12.2 Å². The number of allylic oxidation sites excluding steroid dienone is 1. The number of aryl methyl sites for hydroxylation is 1. The normalized spacial score (nSPS) is 16.2. The highest BCUT2D eigenvalue weighted by molar-refractivity contribution is 6.01. The Kier molecular flexibility index (Phi) is 8.50. The zero-order valence-corrected chi connectivity index (χ0v) is 22.9. The Morgan fingerprint density at radius 2 is 1.78 bits per heavy atom. The predicted molar refractivity (Wildman–Crippen MR) is 151 cm³/mol. The number of halogens is 4. The van der Waals surface area contributed by atoms with Crippen molar-refractivity contribution in [1.82, 2.24) is 4.90 Å². The Morgan fingerprint density at radius 3 is 2.46 bits per heavy atom. The fraction of sp³-hybridized carbons (Fsp3) is 0.364. The number of aromatic carboxylic acids is 1. The Labute approximate surface area is 237 Å². The SMILES string of the molecule is Cc1c(OC(F)(F)F)cccc1C1=C(c2ccc(CC3CN(CCCF)C3)cc2)c2ccc(C(=O)O)cc2CCC1. The molecule has 8 heteroatoms. The van der Waals surface area contributed by atoms with Crippen molar-refractivity contribution >= 4 is 17.1 Å². The van der Waals surface area contributed by atoms with E-state index in [2.05, 4.69) is 33.9 Å². The summed E-state index contributed by atoms with van der Waals surface area (Å²) in [4.78, 5) is 14.0. The quantitative estimate of drug-likeness (QED) is 0.269. The van der Waals surface area contributed by atoms with Gasteiger partial charge in [-0.3, -0.25) is 4.39 Å². The van der Waals surface area contributed by atoms with E-state index < -0.39 is 12.3 Å². The Balaban J connectivity index is 1.54. The van der Waals surface area contributed by atoms with Crippen LogP contribution >= 0.6 is 0 Å². The minimum Gasteiger partial charge on any atom is -0.478 e. The predicted octanol–water partition coefficient (Wildman–Crippen LogP) is 7.72. The third kappa shape index (κ3) is 6.64. The second-order valence-electron chi connectivity index (χ2n) is 10.9. The third-order valence-corrected chi connectivity index (χ3v) is 8.04. The number of likely N-dealkylation sites (tertiary alicyclic amines) is 1. The molecule has 216 valence electrons. The summed E-state index contributed by atoms with van der Waals surface area (Å²) in [6, 6.07) is 18.1. The molecule has 3 aromatic carbocycles. The minimum atomic E-state index is -4.80. The van der Waals surface area contributed by atoms with Crippen LogP contribution in [0, 0.1) is 12.8 Å². The molecular weight excluding hydrogens is 534 g/mol. The monoisotopic (exact) mass is 567 g/mol. The summed E-state index contributed by atoms with van der Waals surface area (Å²) in [5.74, 6) is -0.703. The molecule has 1 N–H and O–H groups in total. The van der Waals surface area contributed by atoms with Crippen LogP contribution in [0.4, 0.5) is 17.6 Å². The number of ether oxygens (including phenoxy) is 1. The van der Waals surface area contributed by atoms with Gasteiger partial charge in [0, 0.05) is 19.6 Å². The maximum Gasteiger partial charge on any atom is 0.573 e. The summed E-state index contributed by atoms with van der Waals surface area (Å²) in [5, 5.41) is 9.58. The van der Waals surface area contributed by atoms with Gasteiger partial charge in [-0.15, -0.1) is 13.2 Å². The van der Waals surface area contributed by atoms with Gasteiger partial charge in [-0.2, -0.15) is 0 Å². The number of alkyl halides is 4. The van der Waals surface area contributed by atoms with Gasteiger partial charge in [-0.05, 0) is 108 Å². The molecule has 0 aromatic heterocycles. The van der Waals surface area contributed by atoms with Crippen LogP contribution in [0.3, 0.4) is 0 Å². The summed E-state index contributed by atoms with van der Waals surface area (Å²) < 4.78 is 56.2. The van der Waals surface area contributed by atoms with Crippen LogP contribution in [0.15, 0.2) is 60.7 Å². The molecule has 0 bridgehead atoms. The average Bonchev–Trinajstić information content (AvgIpc) is 3.10. The third-order valence-electron chi connectivity index (χ3n) is 8.04. The van der Waals surface area contributed by atoms with Gasteiger partial charge in [0.2, 0.25) is 0 Å². The molecule has 0 amide bonds. The number of hydrogen-bond donors (Lipinski definition) is 1. The molecule has 0 unspecified atom stereocenters. The molecule has 3 aromatic rings. The number of benzene rings is 3. The van der Waals surface area contributed by atoms with Crippen LogP contribution in [0.25, 0.3) is 11.1 Å². The summed E-state index contributed by atoms with van der Waals surface area (Å²) in [6.07, 6.45) is -1.32. The van der Waals surface area contributed by atoms with Gasteiger partial charge in [-0.1, -0.05) is 42.5 Å². The molecule has 0 spiro atoms. The lowest BCUT2D eigenvalue weighted by Crippen LogP contribution is -2.47. The van der Waals surface area contributed by atoms with Crippen molar-refractivity contribution in [3.63, 3.8) is 0 Å². The van der Waals surface area contributed by atoms with E-state index in [1.807, 2.05) is 12.1 Å². The van der Waals surface area contributed by atoms with Crippen LogP contribution in [-0.4, -0.2) is 48.6 Å². The molecule has 1 heterocycles. The zero-order valence-electron chi connectivity index (χ0n) is 22.9. The first-order valence-electron chi connectivity index (χ1n) is 14.0. The van der Waals surface area contributed by atoms with E-state index in [0.717, 1.165) is 60.3 Å². The van der Waals surface area contributed by atoms with Gasteiger partial charge >= 0.3 is 12.3 Å². The Morgan fingerprint density at radius 1 is 1.02 bits per heavy atom. The highest BCUT2D eigenvalue weighted by Gasteiger charge is 2.32. The van der Waals surface area contributed by atoms with E-state index in [-0.39, 0.29) is 18.0 Å². The molecule has 5 rings (SSSR count). The molecule has 1 saturated heterocycles. The molecule has 2 aliphatic rings. The lowest BCUT2D eigenvalue weighted by atomic mass is 9.85. The molecule has 41 heavy (non-hydrogen) atoms. The summed E-state index contributed by atoms with van der Waals surface area (Å²) >= 11 is 0. The number of carboxylic acids is 1. The number of hydrogen-bond acceptors (Lipinski definition) is 3. The van der Waals surface area contributed by atoms with Crippen molar-refractivity contribution in [2.45, 2.75) is 45.4 Å². The average molecular weight is 568 g/mol. The fourth-order valence-electron chi connectivity index (χ4n) is 6.11. The van der Waals surface area contributed by atoms with Crippen molar-refractivity contribution in [2.24, 2.45) is 5.92 Å².